The minimum atomic E-state index is -3.28. The number of nitrogens with zero attached hydrogens (tertiary/aromatic N) is 1. The molecule has 4 rings (SSSR count). The molecule has 1 aromatic carbocycles. The van der Waals surface area contributed by atoms with Crippen LogP contribution in [-0.4, -0.2) is 30.4 Å². The third-order valence-electron chi connectivity index (χ3n) is 7.08. The third kappa shape index (κ3) is 1.96. The van der Waals surface area contributed by atoms with Crippen molar-refractivity contribution < 1.29 is 13.2 Å². The van der Waals surface area contributed by atoms with Crippen LogP contribution in [0.1, 0.15) is 49.0 Å². The number of primary amides is 1. The normalized spacial score (nSPS) is 35.9. The van der Waals surface area contributed by atoms with Crippen LogP contribution in [0.2, 0.25) is 0 Å². The zero-order chi connectivity index (χ0) is 17.3. The van der Waals surface area contributed by atoms with Gasteiger partial charge in [0, 0.05) is 23.6 Å². The fraction of sp³-hybridized carbons (Fsp3) is 0.611. The molecule has 0 aromatic heterocycles. The topological polar surface area (TPSA) is 80.5 Å². The molecule has 2 saturated carbocycles. The molecule has 0 unspecified atom stereocenters. The zero-order valence-corrected chi connectivity index (χ0v) is 15.0. The van der Waals surface area contributed by atoms with Crippen LogP contribution in [0.3, 0.4) is 0 Å². The summed E-state index contributed by atoms with van der Waals surface area (Å²) in [5.41, 5.74) is 6.56. The number of carbonyl (C=O) groups excluding carboxylic acids is 1. The highest BCUT2D eigenvalue weighted by Gasteiger charge is 2.71. The highest BCUT2D eigenvalue weighted by atomic mass is 32.2. The van der Waals surface area contributed by atoms with Gasteiger partial charge in [-0.3, -0.25) is 4.79 Å². The summed E-state index contributed by atoms with van der Waals surface area (Å²) in [5.74, 6) is 0.389. The van der Waals surface area contributed by atoms with Crippen LogP contribution in [0.15, 0.2) is 24.3 Å². The Bertz CT molecular complexity index is 817. The van der Waals surface area contributed by atoms with Crippen molar-refractivity contribution in [2.75, 3.05) is 5.75 Å². The van der Waals surface area contributed by atoms with E-state index in [4.69, 9.17) is 5.73 Å². The van der Waals surface area contributed by atoms with Crippen molar-refractivity contribution in [3.8, 4) is 0 Å². The zero-order valence-electron chi connectivity index (χ0n) is 14.2. The molecule has 1 amide bonds. The van der Waals surface area contributed by atoms with Gasteiger partial charge in [-0.2, -0.15) is 4.31 Å². The monoisotopic (exact) mass is 348 g/mol. The summed E-state index contributed by atoms with van der Waals surface area (Å²) in [4.78, 5) is 11.4. The predicted octanol–water partition coefficient (Wildman–Crippen LogP) is 2.13. The lowest BCUT2D eigenvalue weighted by molar-refractivity contribution is 0.1000. The maximum atomic E-state index is 12.9. The predicted molar refractivity (Wildman–Crippen MR) is 91.6 cm³/mol. The SMILES string of the molecule is CC1(C)[C@@H]2CC[C@]13CS(=O)(=O)N(Cc1cccc(C(N)=O)c1)[C@@H]3C2. The minimum Gasteiger partial charge on any atom is -0.366 e. The summed E-state index contributed by atoms with van der Waals surface area (Å²) in [5, 5.41) is 0. The Morgan fingerprint density at radius 1 is 1.38 bits per heavy atom. The van der Waals surface area contributed by atoms with Gasteiger partial charge in [0.05, 0.1) is 5.75 Å². The molecular formula is C18H24N2O3S. The molecule has 2 N–H and O–H groups in total. The standard InChI is InChI=1S/C18H24N2O3S/c1-17(2)14-6-7-18(17)11-24(22,23)20(15(18)9-14)10-12-4-3-5-13(8-12)16(19)21/h3-5,8,14-15H,6-7,9-11H2,1-2H3,(H2,19,21)/t14-,15-,18-/m1/s1. The first-order chi connectivity index (χ1) is 11.2. The molecule has 2 aliphatic carbocycles. The maximum Gasteiger partial charge on any atom is 0.248 e. The van der Waals surface area contributed by atoms with Gasteiger partial charge in [0.15, 0.2) is 0 Å². The highest BCUT2D eigenvalue weighted by molar-refractivity contribution is 7.89. The van der Waals surface area contributed by atoms with E-state index in [-0.39, 0.29) is 22.6 Å². The number of hydrogen-bond acceptors (Lipinski definition) is 3. The van der Waals surface area contributed by atoms with Crippen molar-refractivity contribution in [1.82, 2.24) is 4.31 Å². The quantitative estimate of drug-likeness (QED) is 0.908. The lowest BCUT2D eigenvalue weighted by Crippen LogP contribution is -2.41. The van der Waals surface area contributed by atoms with Crippen molar-refractivity contribution in [3.05, 3.63) is 35.4 Å². The molecule has 1 aromatic rings. The van der Waals surface area contributed by atoms with Crippen LogP contribution in [-0.2, 0) is 16.6 Å². The highest BCUT2D eigenvalue weighted by Crippen LogP contribution is 2.70. The van der Waals surface area contributed by atoms with Crippen molar-refractivity contribution in [2.45, 2.75) is 45.7 Å². The molecule has 5 nitrogen and oxygen atoms in total. The second-order valence-corrected chi connectivity index (χ2v) is 10.2. The second kappa shape index (κ2) is 4.82. The average molecular weight is 348 g/mol. The van der Waals surface area contributed by atoms with E-state index in [1.165, 1.54) is 0 Å². The largest absolute Gasteiger partial charge is 0.366 e. The van der Waals surface area contributed by atoms with Gasteiger partial charge in [-0.05, 0) is 48.3 Å². The van der Waals surface area contributed by atoms with Gasteiger partial charge in [-0.1, -0.05) is 26.0 Å². The Labute approximate surface area is 143 Å². The van der Waals surface area contributed by atoms with Crippen molar-refractivity contribution in [1.29, 1.82) is 0 Å². The molecule has 24 heavy (non-hydrogen) atoms. The lowest BCUT2D eigenvalue weighted by atomic mass is 9.69. The molecule has 6 heteroatoms. The maximum absolute atomic E-state index is 12.9. The van der Waals surface area contributed by atoms with Crippen LogP contribution in [0, 0.1) is 16.7 Å². The van der Waals surface area contributed by atoms with Crippen LogP contribution in [0.5, 0.6) is 0 Å². The molecule has 1 spiro atoms. The third-order valence-corrected chi connectivity index (χ3v) is 9.06. The van der Waals surface area contributed by atoms with E-state index in [0.717, 1.165) is 24.8 Å². The molecule has 3 atom stereocenters. The fourth-order valence-electron chi connectivity index (χ4n) is 5.59. The number of sulfonamides is 1. The van der Waals surface area contributed by atoms with Gasteiger partial charge < -0.3 is 5.73 Å². The Hall–Kier alpha value is -1.40. The molecule has 1 aliphatic heterocycles. The number of nitrogens with two attached hydrogens (primary N) is 1. The average Bonchev–Trinajstić information content (AvgIpc) is 2.97. The lowest BCUT2D eigenvalue weighted by Gasteiger charge is -2.37. The molecule has 1 heterocycles. The van der Waals surface area contributed by atoms with Gasteiger partial charge in [0.25, 0.3) is 0 Å². The van der Waals surface area contributed by atoms with E-state index in [0.29, 0.717) is 18.0 Å². The summed E-state index contributed by atoms with van der Waals surface area (Å²) in [7, 11) is -3.28. The molecule has 0 radical (unpaired) electrons. The Kier molecular flexibility index (Phi) is 3.23. The van der Waals surface area contributed by atoms with E-state index in [2.05, 4.69) is 13.8 Å². The Morgan fingerprint density at radius 2 is 2.12 bits per heavy atom. The van der Waals surface area contributed by atoms with Gasteiger partial charge >= 0.3 is 0 Å². The van der Waals surface area contributed by atoms with Crippen LogP contribution in [0.25, 0.3) is 0 Å². The summed E-state index contributed by atoms with van der Waals surface area (Å²) in [6.45, 7) is 4.83. The number of hydrogen-bond donors (Lipinski definition) is 1. The number of fused-ring (bicyclic) bond motifs is 1. The molecule has 3 fully saturated rings. The number of rotatable bonds is 3. The van der Waals surface area contributed by atoms with E-state index < -0.39 is 15.9 Å². The van der Waals surface area contributed by atoms with Gasteiger partial charge in [-0.15, -0.1) is 0 Å². The molecule has 3 aliphatic rings. The van der Waals surface area contributed by atoms with Crippen LogP contribution < -0.4 is 5.73 Å². The van der Waals surface area contributed by atoms with Crippen LogP contribution >= 0.6 is 0 Å². The molecule has 130 valence electrons. The summed E-state index contributed by atoms with van der Waals surface area (Å²) in [6.07, 6.45) is 3.11. The number of amides is 1. The fourth-order valence-corrected chi connectivity index (χ4v) is 8.13. The van der Waals surface area contributed by atoms with E-state index in [9.17, 15) is 13.2 Å². The summed E-state index contributed by atoms with van der Waals surface area (Å²) < 4.78 is 27.5. The van der Waals surface area contributed by atoms with Crippen molar-refractivity contribution in [3.63, 3.8) is 0 Å². The Balaban J connectivity index is 1.69. The summed E-state index contributed by atoms with van der Waals surface area (Å²) >= 11 is 0. The summed E-state index contributed by atoms with van der Waals surface area (Å²) in [6, 6.07) is 7.09. The number of benzene rings is 1. The first-order valence-corrected chi connectivity index (χ1v) is 10.2. The van der Waals surface area contributed by atoms with E-state index in [1.807, 2.05) is 6.07 Å². The van der Waals surface area contributed by atoms with E-state index >= 15 is 0 Å². The molecular weight excluding hydrogens is 324 g/mol. The van der Waals surface area contributed by atoms with Crippen LogP contribution in [0.4, 0.5) is 0 Å². The molecule has 1 saturated heterocycles. The van der Waals surface area contributed by atoms with E-state index in [1.54, 1.807) is 22.5 Å². The number of carbonyl (C=O) groups is 1. The van der Waals surface area contributed by atoms with Gasteiger partial charge in [0.1, 0.15) is 0 Å². The van der Waals surface area contributed by atoms with Crippen molar-refractivity contribution in [2.24, 2.45) is 22.5 Å². The first kappa shape index (κ1) is 16.1. The van der Waals surface area contributed by atoms with Gasteiger partial charge in [0.2, 0.25) is 15.9 Å². The van der Waals surface area contributed by atoms with Crippen molar-refractivity contribution >= 4 is 15.9 Å². The molecule has 2 bridgehead atoms. The minimum absolute atomic E-state index is 0.0779. The first-order valence-electron chi connectivity index (χ1n) is 8.56. The van der Waals surface area contributed by atoms with Gasteiger partial charge in [-0.25, -0.2) is 8.42 Å². The second-order valence-electron chi connectivity index (χ2n) is 8.23. The Morgan fingerprint density at radius 3 is 2.79 bits per heavy atom. The smallest absolute Gasteiger partial charge is 0.248 e.